The van der Waals surface area contributed by atoms with Gasteiger partial charge in [-0.1, -0.05) is 28.4 Å². The largest absolute Gasteiger partial charge is 0.477 e. The predicted molar refractivity (Wildman–Crippen MR) is 101 cm³/mol. The van der Waals surface area contributed by atoms with E-state index in [0.29, 0.717) is 22.8 Å². The lowest BCUT2D eigenvalue weighted by atomic mass is 10.2. The van der Waals surface area contributed by atoms with Gasteiger partial charge in [-0.15, -0.1) is 0 Å². The van der Waals surface area contributed by atoms with Crippen LogP contribution in [0.4, 0.5) is 0 Å². The van der Waals surface area contributed by atoms with Gasteiger partial charge in [-0.3, -0.25) is 0 Å². The number of benzene rings is 1. The van der Waals surface area contributed by atoms with Crippen molar-refractivity contribution in [3.63, 3.8) is 0 Å². The third-order valence-corrected chi connectivity index (χ3v) is 4.30. The van der Waals surface area contributed by atoms with E-state index >= 15 is 0 Å². The van der Waals surface area contributed by atoms with Gasteiger partial charge in [0, 0.05) is 13.1 Å². The maximum absolute atomic E-state index is 11.6. The Bertz CT molecular complexity index is 895. The Morgan fingerprint density at radius 1 is 1.30 bits per heavy atom. The lowest BCUT2D eigenvalue weighted by Gasteiger charge is -2.16. The second kappa shape index (κ2) is 8.49. The highest BCUT2D eigenvalue weighted by molar-refractivity contribution is 6.36. The van der Waals surface area contributed by atoms with E-state index in [4.69, 9.17) is 37.9 Å². The topological polar surface area (TPSA) is 95.2 Å². The molecule has 0 aliphatic rings. The van der Waals surface area contributed by atoms with E-state index in [1.54, 1.807) is 20.9 Å². The van der Waals surface area contributed by atoms with Crippen LogP contribution in [0.5, 0.6) is 17.4 Å². The Morgan fingerprint density at radius 2 is 1.93 bits per heavy atom. The van der Waals surface area contributed by atoms with Crippen LogP contribution in [0.1, 0.15) is 25.1 Å². The van der Waals surface area contributed by atoms with E-state index in [0.717, 1.165) is 0 Å². The molecule has 1 heterocycles. The molecule has 8 nitrogen and oxygen atoms in total. The fraction of sp³-hybridized carbons (Fsp3) is 0.353. The highest BCUT2D eigenvalue weighted by atomic mass is 35.5. The number of aromatic nitrogens is 2. The molecule has 1 atom stereocenters. The minimum absolute atomic E-state index is 0.196. The summed E-state index contributed by atoms with van der Waals surface area (Å²) >= 11 is 12.4. The molecule has 0 radical (unpaired) electrons. The lowest BCUT2D eigenvalue weighted by molar-refractivity contribution is -0.147. The first kappa shape index (κ1) is 20.9. The summed E-state index contributed by atoms with van der Waals surface area (Å²) in [6.07, 6.45) is -0.875. The molecule has 0 spiro atoms. The van der Waals surface area contributed by atoms with E-state index < -0.39 is 12.1 Å². The summed E-state index contributed by atoms with van der Waals surface area (Å²) in [5.41, 5.74) is 1.47. The van der Waals surface area contributed by atoms with Gasteiger partial charge < -0.3 is 19.4 Å². The molecule has 0 saturated heterocycles. The third-order valence-electron chi connectivity index (χ3n) is 3.71. The summed E-state index contributed by atoms with van der Waals surface area (Å²) < 4.78 is 17.6. The van der Waals surface area contributed by atoms with E-state index in [2.05, 4.69) is 15.0 Å². The van der Waals surface area contributed by atoms with Crippen LogP contribution < -0.4 is 9.47 Å². The number of hydrogen-bond donors (Lipinski definition) is 1. The zero-order valence-corrected chi connectivity index (χ0v) is 16.9. The molecule has 0 unspecified atom stereocenters. The molecule has 2 aromatic rings. The van der Waals surface area contributed by atoms with Crippen molar-refractivity contribution in [3.05, 3.63) is 33.4 Å². The van der Waals surface area contributed by atoms with Gasteiger partial charge in [0.1, 0.15) is 5.75 Å². The van der Waals surface area contributed by atoms with Crippen molar-refractivity contribution in [1.82, 2.24) is 9.78 Å². The minimum Gasteiger partial charge on any atom is -0.477 e. The molecular formula is C17H19Cl2N3O5. The second-order valence-electron chi connectivity index (χ2n) is 5.67. The van der Waals surface area contributed by atoms with Crippen molar-refractivity contribution in [2.75, 3.05) is 7.11 Å². The van der Waals surface area contributed by atoms with Gasteiger partial charge in [-0.05, 0) is 26.8 Å². The minimum atomic E-state index is -0.875. The number of carbonyl (C=O) groups is 1. The molecule has 146 valence electrons. The van der Waals surface area contributed by atoms with Gasteiger partial charge in [0.05, 0.1) is 34.1 Å². The van der Waals surface area contributed by atoms with E-state index in [-0.39, 0.29) is 21.5 Å². The summed E-state index contributed by atoms with van der Waals surface area (Å²) in [6.45, 7) is 4.90. The van der Waals surface area contributed by atoms with Crippen molar-refractivity contribution in [2.45, 2.75) is 26.9 Å². The summed E-state index contributed by atoms with van der Waals surface area (Å²) in [5, 5.41) is 17.0. The van der Waals surface area contributed by atoms with Crippen LogP contribution in [-0.4, -0.2) is 39.9 Å². The van der Waals surface area contributed by atoms with Crippen molar-refractivity contribution in [3.8, 4) is 17.4 Å². The molecule has 0 bridgehead atoms. The number of oxime groups is 1. The first-order chi connectivity index (χ1) is 12.7. The fourth-order valence-electron chi connectivity index (χ4n) is 2.41. The Kier molecular flexibility index (Phi) is 6.56. The van der Waals surface area contributed by atoms with Crippen LogP contribution in [0.2, 0.25) is 10.0 Å². The van der Waals surface area contributed by atoms with E-state index in [9.17, 15) is 4.79 Å². The summed E-state index contributed by atoms with van der Waals surface area (Å²) in [5.74, 6) is 0.187. The Labute approximate surface area is 166 Å². The van der Waals surface area contributed by atoms with Crippen LogP contribution in [-0.2, 0) is 16.6 Å². The van der Waals surface area contributed by atoms with Crippen molar-refractivity contribution >= 4 is 34.9 Å². The van der Waals surface area contributed by atoms with Gasteiger partial charge in [0.25, 0.3) is 0 Å². The number of methoxy groups -OCH3 is 1. The van der Waals surface area contributed by atoms with Crippen molar-refractivity contribution in [1.29, 1.82) is 0 Å². The standard InChI is InChI=1S/C17H19Cl2N3O5/c1-8-15(9(2)21-24)16(22(4)20-8)27-14-7-13(11(18)6-12(14)19)26-10(3)17(23)25-5/h6-7,10,24H,1-5H3/t10-/m0/s1. The molecule has 10 heteroatoms. The van der Waals surface area contributed by atoms with Crippen LogP contribution in [0.15, 0.2) is 17.3 Å². The number of nitrogens with zero attached hydrogens (tertiary/aromatic N) is 3. The normalized spacial score (nSPS) is 12.6. The van der Waals surface area contributed by atoms with Gasteiger partial charge in [0.15, 0.2) is 11.9 Å². The highest BCUT2D eigenvalue weighted by Gasteiger charge is 2.22. The molecule has 0 aliphatic heterocycles. The van der Waals surface area contributed by atoms with Crippen LogP contribution in [0, 0.1) is 6.92 Å². The monoisotopic (exact) mass is 415 g/mol. The number of esters is 1. The lowest BCUT2D eigenvalue weighted by Crippen LogP contribution is -2.25. The van der Waals surface area contributed by atoms with Gasteiger partial charge in [-0.2, -0.15) is 5.10 Å². The molecule has 0 saturated carbocycles. The molecule has 1 aromatic heterocycles. The molecule has 1 aromatic carbocycles. The van der Waals surface area contributed by atoms with E-state index in [1.165, 1.54) is 30.8 Å². The number of hydrogen-bond acceptors (Lipinski definition) is 7. The second-order valence-corrected chi connectivity index (χ2v) is 6.49. The van der Waals surface area contributed by atoms with Crippen molar-refractivity contribution in [2.24, 2.45) is 12.2 Å². The van der Waals surface area contributed by atoms with Gasteiger partial charge in [-0.25, -0.2) is 9.48 Å². The van der Waals surface area contributed by atoms with Crippen LogP contribution in [0.25, 0.3) is 0 Å². The Morgan fingerprint density at radius 3 is 2.52 bits per heavy atom. The molecule has 0 fully saturated rings. The molecule has 0 aliphatic carbocycles. The zero-order chi connectivity index (χ0) is 20.3. The summed E-state index contributed by atoms with van der Waals surface area (Å²) in [4.78, 5) is 11.6. The number of rotatable bonds is 6. The molecule has 2 rings (SSSR count). The number of halogens is 2. The average Bonchev–Trinajstić information content (AvgIpc) is 2.90. The first-order valence-electron chi connectivity index (χ1n) is 7.83. The molecule has 1 N–H and O–H groups in total. The Hall–Kier alpha value is -2.45. The Balaban J connectivity index is 2.44. The maximum atomic E-state index is 11.6. The quantitative estimate of drug-likeness (QED) is 0.332. The van der Waals surface area contributed by atoms with Crippen LogP contribution in [0.3, 0.4) is 0 Å². The number of carbonyl (C=O) groups excluding carboxylic acids is 1. The van der Waals surface area contributed by atoms with E-state index in [1.807, 2.05) is 0 Å². The highest BCUT2D eigenvalue weighted by Crippen LogP contribution is 2.39. The van der Waals surface area contributed by atoms with Crippen LogP contribution >= 0.6 is 23.2 Å². The predicted octanol–water partition coefficient (Wildman–Crippen LogP) is 3.97. The maximum Gasteiger partial charge on any atom is 0.346 e. The van der Waals surface area contributed by atoms with Gasteiger partial charge in [0.2, 0.25) is 5.88 Å². The SMILES string of the molecule is COC(=O)[C@H](C)Oc1cc(Oc2c(C(C)=NO)c(C)nn2C)c(Cl)cc1Cl. The number of ether oxygens (including phenoxy) is 3. The number of aryl methyl sites for hydroxylation is 2. The zero-order valence-electron chi connectivity index (χ0n) is 15.4. The summed E-state index contributed by atoms with van der Waals surface area (Å²) in [6, 6.07) is 2.90. The average molecular weight is 416 g/mol. The molecular weight excluding hydrogens is 397 g/mol. The fourth-order valence-corrected chi connectivity index (χ4v) is 2.87. The molecule has 27 heavy (non-hydrogen) atoms. The van der Waals surface area contributed by atoms with Gasteiger partial charge >= 0.3 is 5.97 Å². The third kappa shape index (κ3) is 4.45. The smallest absolute Gasteiger partial charge is 0.346 e. The first-order valence-corrected chi connectivity index (χ1v) is 8.59. The van der Waals surface area contributed by atoms with Crippen molar-refractivity contribution < 1.29 is 24.2 Å². The summed E-state index contributed by atoms with van der Waals surface area (Å²) in [7, 11) is 2.94. The molecule has 0 amide bonds.